The minimum absolute atomic E-state index is 0. The van der Waals surface area contributed by atoms with Gasteiger partial charge in [-0.25, -0.2) is 0 Å². The SMILES string of the molecule is O.O=C1C=CC=C/C1=C/Nc1ccccc1N/C=C1/C=CC=CC1=O.[Co]. The van der Waals surface area contributed by atoms with Gasteiger partial charge in [0.2, 0.25) is 0 Å². The van der Waals surface area contributed by atoms with Crippen molar-refractivity contribution in [2.75, 3.05) is 10.6 Å². The van der Waals surface area contributed by atoms with Gasteiger partial charge in [0, 0.05) is 40.3 Å². The van der Waals surface area contributed by atoms with Gasteiger partial charge in [-0.05, 0) is 36.4 Å². The molecule has 0 amide bonds. The largest absolute Gasteiger partial charge is 0.412 e. The summed E-state index contributed by atoms with van der Waals surface area (Å²) in [7, 11) is 0. The standard InChI is InChI=1S/C20H16N2O2.Co.H2O/c23-19-11-5-1-7-15(19)13-21-17-9-3-4-10-18(17)22-14-16-8-2-6-12-20(16)24;;/h1-14,21-22H;;1H2/b15-13-,16-14-;;. The molecule has 4 N–H and O–H groups in total. The second-order valence-corrected chi connectivity index (χ2v) is 5.20. The number of ketones is 2. The molecule has 0 saturated heterocycles. The Kier molecular flexibility index (Phi) is 8.24. The number of nitrogens with one attached hydrogen (secondary N) is 2. The van der Waals surface area contributed by atoms with E-state index in [1.807, 2.05) is 36.4 Å². The van der Waals surface area contributed by atoms with Crippen molar-refractivity contribution < 1.29 is 31.8 Å². The molecule has 0 fully saturated rings. The first-order chi connectivity index (χ1) is 11.7. The van der Waals surface area contributed by atoms with Crippen molar-refractivity contribution in [1.82, 2.24) is 0 Å². The quantitative estimate of drug-likeness (QED) is 0.770. The molecule has 2 aliphatic rings. The van der Waals surface area contributed by atoms with Crippen molar-refractivity contribution in [3.63, 3.8) is 0 Å². The van der Waals surface area contributed by atoms with Crippen molar-refractivity contribution in [2.24, 2.45) is 0 Å². The Hall–Kier alpha value is -2.93. The minimum atomic E-state index is -0.0396. The molecule has 135 valence electrons. The molecule has 1 aromatic rings. The van der Waals surface area contributed by atoms with Gasteiger partial charge < -0.3 is 16.1 Å². The Balaban J connectivity index is 0.00000169. The molecule has 0 atom stereocenters. The minimum Gasteiger partial charge on any atom is -0.412 e. The Morgan fingerprint density at radius 2 is 1.04 bits per heavy atom. The van der Waals surface area contributed by atoms with Crippen LogP contribution in [0.2, 0.25) is 0 Å². The van der Waals surface area contributed by atoms with Crippen LogP contribution in [0.3, 0.4) is 0 Å². The van der Waals surface area contributed by atoms with Gasteiger partial charge in [0.15, 0.2) is 11.6 Å². The zero-order valence-electron chi connectivity index (χ0n) is 13.7. The third-order valence-corrected chi connectivity index (χ3v) is 3.53. The number of carbonyl (C=O) groups is 2. The first kappa shape index (κ1) is 21.1. The van der Waals surface area contributed by atoms with Gasteiger partial charge in [0.1, 0.15) is 0 Å². The average molecular weight is 393 g/mol. The number of para-hydroxylation sites is 2. The van der Waals surface area contributed by atoms with Gasteiger partial charge in [-0.15, -0.1) is 0 Å². The van der Waals surface area contributed by atoms with Crippen LogP contribution in [0.1, 0.15) is 0 Å². The van der Waals surface area contributed by atoms with E-state index in [4.69, 9.17) is 0 Å². The topological polar surface area (TPSA) is 89.7 Å². The van der Waals surface area contributed by atoms with E-state index in [1.165, 1.54) is 12.2 Å². The second-order valence-electron chi connectivity index (χ2n) is 5.20. The maximum atomic E-state index is 11.7. The van der Waals surface area contributed by atoms with E-state index in [-0.39, 0.29) is 33.8 Å². The van der Waals surface area contributed by atoms with E-state index in [0.717, 1.165) is 11.4 Å². The Labute approximate surface area is 162 Å². The van der Waals surface area contributed by atoms with Crippen LogP contribution in [-0.4, -0.2) is 17.0 Å². The summed E-state index contributed by atoms with van der Waals surface area (Å²) >= 11 is 0. The summed E-state index contributed by atoms with van der Waals surface area (Å²) in [6.45, 7) is 0. The molecular weight excluding hydrogens is 375 g/mol. The van der Waals surface area contributed by atoms with Crippen LogP contribution in [0.25, 0.3) is 0 Å². The number of anilines is 2. The molecule has 2 aliphatic carbocycles. The summed E-state index contributed by atoms with van der Waals surface area (Å²) in [6, 6.07) is 7.57. The van der Waals surface area contributed by atoms with Crippen LogP contribution < -0.4 is 10.6 Å². The molecule has 0 aromatic heterocycles. The molecular formula is C20H18CoN2O3. The summed E-state index contributed by atoms with van der Waals surface area (Å²) in [5, 5.41) is 6.27. The predicted octanol–water partition coefficient (Wildman–Crippen LogP) is 2.84. The molecule has 0 aliphatic heterocycles. The number of hydrogen-bond donors (Lipinski definition) is 2. The molecule has 1 aromatic carbocycles. The van der Waals surface area contributed by atoms with Crippen LogP contribution in [0.15, 0.2) is 96.4 Å². The molecule has 0 heterocycles. The average Bonchev–Trinajstić information content (AvgIpc) is 2.61. The van der Waals surface area contributed by atoms with E-state index in [2.05, 4.69) is 10.6 Å². The van der Waals surface area contributed by atoms with E-state index < -0.39 is 0 Å². The zero-order valence-corrected chi connectivity index (χ0v) is 14.8. The molecule has 26 heavy (non-hydrogen) atoms. The summed E-state index contributed by atoms with van der Waals surface area (Å²) in [5.41, 5.74) is 2.78. The first-order valence-corrected chi connectivity index (χ1v) is 7.54. The van der Waals surface area contributed by atoms with Crippen molar-refractivity contribution in [3.05, 3.63) is 96.4 Å². The van der Waals surface area contributed by atoms with Crippen LogP contribution >= 0.6 is 0 Å². The van der Waals surface area contributed by atoms with Gasteiger partial charge in [-0.2, -0.15) is 0 Å². The maximum Gasteiger partial charge on any atom is 0.187 e. The van der Waals surface area contributed by atoms with E-state index in [0.29, 0.717) is 11.1 Å². The molecule has 1 radical (unpaired) electrons. The fourth-order valence-electron chi connectivity index (χ4n) is 2.25. The smallest absolute Gasteiger partial charge is 0.187 e. The van der Waals surface area contributed by atoms with Crippen molar-refractivity contribution in [1.29, 1.82) is 0 Å². The van der Waals surface area contributed by atoms with E-state index in [9.17, 15) is 9.59 Å². The number of benzene rings is 1. The van der Waals surface area contributed by atoms with E-state index in [1.54, 1.807) is 36.7 Å². The normalized spacial score (nSPS) is 17.8. The first-order valence-electron chi connectivity index (χ1n) is 7.54. The Morgan fingerprint density at radius 1 is 0.654 bits per heavy atom. The molecule has 6 heteroatoms. The molecule has 0 saturated carbocycles. The monoisotopic (exact) mass is 393 g/mol. The fraction of sp³-hybridized carbons (Fsp3) is 0. The number of hydrogen-bond acceptors (Lipinski definition) is 4. The molecule has 0 unspecified atom stereocenters. The summed E-state index contributed by atoms with van der Waals surface area (Å²) < 4.78 is 0. The van der Waals surface area contributed by atoms with Gasteiger partial charge in [-0.1, -0.05) is 36.4 Å². The Morgan fingerprint density at radius 3 is 1.42 bits per heavy atom. The Bertz CT molecular complexity index is 791. The van der Waals surface area contributed by atoms with Gasteiger partial charge in [0.25, 0.3) is 0 Å². The maximum absolute atomic E-state index is 11.7. The number of carbonyl (C=O) groups excluding carboxylic acids is 2. The molecule has 5 nitrogen and oxygen atoms in total. The molecule has 0 spiro atoms. The number of rotatable bonds is 4. The zero-order chi connectivity index (χ0) is 16.8. The van der Waals surface area contributed by atoms with Crippen LogP contribution in [-0.2, 0) is 26.4 Å². The van der Waals surface area contributed by atoms with Gasteiger partial charge in [0.05, 0.1) is 11.4 Å². The third kappa shape index (κ3) is 5.28. The molecule has 3 rings (SSSR count). The summed E-state index contributed by atoms with van der Waals surface area (Å²) in [6.07, 6.45) is 17.0. The predicted molar refractivity (Wildman–Crippen MR) is 100 cm³/mol. The van der Waals surface area contributed by atoms with Crippen molar-refractivity contribution >= 4 is 22.9 Å². The summed E-state index contributed by atoms with van der Waals surface area (Å²) in [5.74, 6) is -0.0791. The third-order valence-electron chi connectivity index (χ3n) is 3.53. The van der Waals surface area contributed by atoms with Gasteiger partial charge in [-0.3, -0.25) is 9.59 Å². The second kappa shape index (κ2) is 10.1. The van der Waals surface area contributed by atoms with Crippen molar-refractivity contribution in [2.45, 2.75) is 0 Å². The van der Waals surface area contributed by atoms with Crippen molar-refractivity contribution in [3.8, 4) is 0 Å². The van der Waals surface area contributed by atoms with Crippen LogP contribution in [0.5, 0.6) is 0 Å². The summed E-state index contributed by atoms with van der Waals surface area (Å²) in [4.78, 5) is 23.5. The van der Waals surface area contributed by atoms with Gasteiger partial charge >= 0.3 is 0 Å². The van der Waals surface area contributed by atoms with Crippen LogP contribution in [0, 0.1) is 0 Å². The number of allylic oxidation sites excluding steroid dienone is 10. The van der Waals surface area contributed by atoms with E-state index >= 15 is 0 Å². The fourth-order valence-corrected chi connectivity index (χ4v) is 2.25. The molecule has 0 bridgehead atoms. The van der Waals surface area contributed by atoms with Crippen LogP contribution in [0.4, 0.5) is 11.4 Å².